The number of nitrogens with zero attached hydrogens (tertiary/aromatic N) is 3. The van der Waals surface area contributed by atoms with Crippen molar-refractivity contribution >= 4 is 17.3 Å². The van der Waals surface area contributed by atoms with E-state index in [1.165, 1.54) is 6.20 Å². The number of anilines is 1. The number of hydrogen-bond acceptors (Lipinski definition) is 5. The average Bonchev–Trinajstić information content (AvgIpc) is 3.23. The zero-order chi connectivity index (χ0) is 20.4. The minimum absolute atomic E-state index is 0.0359. The summed E-state index contributed by atoms with van der Waals surface area (Å²) in [6, 6.07) is 2.93. The minimum atomic E-state index is -0.881. The van der Waals surface area contributed by atoms with Gasteiger partial charge in [-0.3, -0.25) is 4.79 Å². The predicted octanol–water partition coefficient (Wildman–Crippen LogP) is 3.19. The second-order valence-electron chi connectivity index (χ2n) is 7.41. The van der Waals surface area contributed by atoms with Gasteiger partial charge in [0.2, 0.25) is 0 Å². The molecular formula is C20H22ClF2N3O3. The minimum Gasteiger partial charge on any atom is -0.381 e. The Kier molecular flexibility index (Phi) is 6.12. The third-order valence-electron chi connectivity index (χ3n) is 5.41. The molecule has 4 rings (SSSR count). The summed E-state index contributed by atoms with van der Waals surface area (Å²) in [5.74, 6) is -1.13. The fourth-order valence-corrected chi connectivity index (χ4v) is 3.97. The molecule has 2 aliphatic rings. The number of rotatable bonds is 5. The van der Waals surface area contributed by atoms with Gasteiger partial charge in [0.15, 0.2) is 5.82 Å². The molecule has 0 saturated carbocycles. The molecule has 0 bridgehead atoms. The van der Waals surface area contributed by atoms with E-state index in [2.05, 4.69) is 5.10 Å². The number of benzene rings is 1. The topological polar surface area (TPSA) is 56.6 Å². The molecule has 0 aliphatic carbocycles. The molecule has 29 heavy (non-hydrogen) atoms. The van der Waals surface area contributed by atoms with Crippen molar-refractivity contribution in [1.82, 2.24) is 9.78 Å². The molecule has 0 N–H and O–H groups in total. The van der Waals surface area contributed by atoms with Crippen LogP contribution in [0.4, 0.5) is 14.5 Å². The van der Waals surface area contributed by atoms with Crippen LogP contribution in [0, 0.1) is 17.6 Å². The van der Waals surface area contributed by atoms with Crippen LogP contribution in [0.15, 0.2) is 29.2 Å². The Morgan fingerprint density at radius 1 is 1.21 bits per heavy atom. The number of hydrogen-bond donors (Lipinski definition) is 0. The first-order valence-electron chi connectivity index (χ1n) is 9.70. The zero-order valence-corrected chi connectivity index (χ0v) is 16.6. The summed E-state index contributed by atoms with van der Waals surface area (Å²) in [5.41, 5.74) is -0.278. The third-order valence-corrected chi connectivity index (χ3v) is 5.77. The molecule has 1 atom stereocenters. The third kappa shape index (κ3) is 4.44. The largest absolute Gasteiger partial charge is 0.381 e. The molecule has 2 fully saturated rings. The van der Waals surface area contributed by atoms with E-state index in [0.29, 0.717) is 37.4 Å². The first-order chi connectivity index (χ1) is 14.0. The molecule has 3 heterocycles. The van der Waals surface area contributed by atoms with Crippen LogP contribution in [0.2, 0.25) is 5.02 Å². The summed E-state index contributed by atoms with van der Waals surface area (Å²) in [4.78, 5) is 14.6. The van der Waals surface area contributed by atoms with Gasteiger partial charge >= 0.3 is 0 Å². The Labute approximate surface area is 172 Å². The lowest BCUT2D eigenvalue weighted by Crippen LogP contribution is -2.39. The van der Waals surface area contributed by atoms with Gasteiger partial charge in [0.05, 0.1) is 31.2 Å². The summed E-state index contributed by atoms with van der Waals surface area (Å²) >= 11 is 6.29. The summed E-state index contributed by atoms with van der Waals surface area (Å²) in [6.45, 7) is 3.66. The van der Waals surface area contributed by atoms with Crippen LogP contribution in [0.25, 0.3) is 5.69 Å². The van der Waals surface area contributed by atoms with Crippen molar-refractivity contribution in [2.24, 2.45) is 5.92 Å². The summed E-state index contributed by atoms with van der Waals surface area (Å²) in [5, 5.41) is 4.02. The fourth-order valence-electron chi connectivity index (χ4n) is 3.72. The first kappa shape index (κ1) is 20.3. The Hall–Kier alpha value is -2.03. The maximum Gasteiger partial charge on any atom is 0.292 e. The summed E-state index contributed by atoms with van der Waals surface area (Å²) in [6.07, 6.45) is 4.31. The molecular weight excluding hydrogens is 404 g/mol. The van der Waals surface area contributed by atoms with Crippen LogP contribution in [0.5, 0.6) is 0 Å². The second kappa shape index (κ2) is 8.77. The van der Waals surface area contributed by atoms with E-state index in [4.69, 9.17) is 21.1 Å². The maximum atomic E-state index is 14.0. The quantitative estimate of drug-likeness (QED) is 0.736. The number of aromatic nitrogens is 2. The Morgan fingerprint density at radius 2 is 2.00 bits per heavy atom. The highest BCUT2D eigenvalue weighted by atomic mass is 35.5. The summed E-state index contributed by atoms with van der Waals surface area (Å²) < 4.78 is 39.4. The normalized spacial score (nSPS) is 20.4. The van der Waals surface area contributed by atoms with Crippen LogP contribution in [-0.4, -0.2) is 48.8 Å². The molecule has 2 aromatic rings. The molecule has 0 spiro atoms. The van der Waals surface area contributed by atoms with E-state index < -0.39 is 17.2 Å². The number of piperidine rings is 1. The van der Waals surface area contributed by atoms with Crippen LogP contribution in [0.3, 0.4) is 0 Å². The Morgan fingerprint density at radius 3 is 2.69 bits per heavy atom. The number of ether oxygens (including phenoxy) is 2. The summed E-state index contributed by atoms with van der Waals surface area (Å²) in [7, 11) is 0. The molecule has 9 heteroatoms. The zero-order valence-electron chi connectivity index (χ0n) is 15.8. The molecule has 1 unspecified atom stereocenters. The predicted molar refractivity (Wildman–Crippen MR) is 105 cm³/mol. The molecule has 0 amide bonds. The standard InChI is InChI=1S/C20H22ClF2N3O3/c21-19-18(10-24-26(20(19)27)17-2-1-14(22)9-16(17)23)25-6-3-15(4-7-25)29-12-13-5-8-28-11-13/h1-2,9-10,13,15H,3-8,11-12H2. The Balaban J connectivity index is 1.43. The Bertz CT molecular complexity index is 926. The monoisotopic (exact) mass is 425 g/mol. The van der Waals surface area contributed by atoms with Crippen LogP contribution in [0.1, 0.15) is 19.3 Å². The van der Waals surface area contributed by atoms with Crippen LogP contribution in [-0.2, 0) is 9.47 Å². The molecule has 156 valence electrons. The van der Waals surface area contributed by atoms with Crippen molar-refractivity contribution < 1.29 is 18.3 Å². The average molecular weight is 426 g/mol. The van der Waals surface area contributed by atoms with Gasteiger partial charge in [-0.05, 0) is 31.4 Å². The van der Waals surface area contributed by atoms with E-state index in [9.17, 15) is 13.6 Å². The van der Waals surface area contributed by atoms with Crippen LogP contribution < -0.4 is 10.5 Å². The molecule has 2 saturated heterocycles. The van der Waals surface area contributed by atoms with Crippen molar-refractivity contribution in [2.45, 2.75) is 25.4 Å². The van der Waals surface area contributed by atoms with E-state index in [0.717, 1.165) is 49.3 Å². The number of halogens is 3. The van der Waals surface area contributed by atoms with E-state index in [1.54, 1.807) is 0 Å². The van der Waals surface area contributed by atoms with Crippen molar-refractivity contribution in [1.29, 1.82) is 0 Å². The van der Waals surface area contributed by atoms with E-state index in [1.807, 2.05) is 4.90 Å². The van der Waals surface area contributed by atoms with Gasteiger partial charge < -0.3 is 14.4 Å². The highest BCUT2D eigenvalue weighted by Gasteiger charge is 2.25. The molecule has 1 aromatic carbocycles. The highest BCUT2D eigenvalue weighted by molar-refractivity contribution is 6.33. The van der Waals surface area contributed by atoms with Crippen molar-refractivity contribution in [3.05, 3.63) is 51.4 Å². The van der Waals surface area contributed by atoms with Crippen LogP contribution >= 0.6 is 11.6 Å². The maximum absolute atomic E-state index is 14.0. The molecule has 0 radical (unpaired) electrons. The fraction of sp³-hybridized carbons (Fsp3) is 0.500. The molecule has 2 aliphatic heterocycles. The highest BCUT2D eigenvalue weighted by Crippen LogP contribution is 2.27. The van der Waals surface area contributed by atoms with E-state index >= 15 is 0 Å². The lowest BCUT2D eigenvalue weighted by atomic mass is 10.1. The van der Waals surface area contributed by atoms with E-state index in [-0.39, 0.29) is 16.8 Å². The first-order valence-corrected chi connectivity index (χ1v) is 10.1. The lowest BCUT2D eigenvalue weighted by Gasteiger charge is -2.34. The van der Waals surface area contributed by atoms with Crippen molar-refractivity contribution in [3.63, 3.8) is 0 Å². The van der Waals surface area contributed by atoms with Gasteiger partial charge in [-0.2, -0.15) is 9.78 Å². The van der Waals surface area contributed by atoms with Gasteiger partial charge in [0.25, 0.3) is 5.56 Å². The van der Waals surface area contributed by atoms with Gasteiger partial charge in [-0.1, -0.05) is 11.6 Å². The van der Waals surface area contributed by atoms with Crippen molar-refractivity contribution in [2.75, 3.05) is 37.8 Å². The van der Waals surface area contributed by atoms with Gasteiger partial charge in [0.1, 0.15) is 16.5 Å². The second-order valence-corrected chi connectivity index (χ2v) is 7.78. The van der Waals surface area contributed by atoms with Crippen molar-refractivity contribution in [3.8, 4) is 5.69 Å². The SMILES string of the molecule is O=c1c(Cl)c(N2CCC(OCC3CCOC3)CC2)cnn1-c1ccc(F)cc1F. The smallest absolute Gasteiger partial charge is 0.292 e. The van der Waals surface area contributed by atoms with Gasteiger partial charge in [-0.15, -0.1) is 0 Å². The van der Waals surface area contributed by atoms with Gasteiger partial charge in [0, 0.05) is 31.7 Å². The molecule has 1 aromatic heterocycles. The van der Waals surface area contributed by atoms with Gasteiger partial charge in [-0.25, -0.2) is 8.78 Å². The molecule has 6 nitrogen and oxygen atoms in total. The lowest BCUT2D eigenvalue weighted by molar-refractivity contribution is 0.0131.